The summed E-state index contributed by atoms with van der Waals surface area (Å²) in [4.78, 5) is 34.3. The summed E-state index contributed by atoms with van der Waals surface area (Å²) < 4.78 is 4.93. The van der Waals surface area contributed by atoms with Gasteiger partial charge in [0.1, 0.15) is 0 Å². The quantitative estimate of drug-likeness (QED) is 0.515. The number of aryl methyl sites for hydroxylation is 1. The van der Waals surface area contributed by atoms with E-state index in [4.69, 9.17) is 4.74 Å². The molecule has 0 radical (unpaired) electrons. The number of nitro benzene ring substituents is 1. The van der Waals surface area contributed by atoms with Crippen LogP contribution in [0.1, 0.15) is 33.2 Å². The summed E-state index contributed by atoms with van der Waals surface area (Å²) in [6.45, 7) is 3.73. The van der Waals surface area contributed by atoms with Crippen LogP contribution >= 0.6 is 0 Å². The zero-order chi connectivity index (χ0) is 17.7. The first-order valence-electron chi connectivity index (χ1n) is 7.26. The third-order valence-corrected chi connectivity index (χ3v) is 3.32. The van der Waals surface area contributed by atoms with Gasteiger partial charge in [0.05, 0.1) is 17.1 Å². The van der Waals surface area contributed by atoms with Crippen molar-refractivity contribution in [2.75, 3.05) is 11.9 Å². The second-order valence-corrected chi connectivity index (χ2v) is 5.01. The van der Waals surface area contributed by atoms with Crippen molar-refractivity contribution >= 4 is 23.3 Å². The largest absolute Gasteiger partial charge is 0.462 e. The smallest absolute Gasteiger partial charge is 0.338 e. The number of anilines is 1. The van der Waals surface area contributed by atoms with Crippen molar-refractivity contribution in [3.8, 4) is 0 Å². The molecule has 2 aromatic rings. The molecule has 0 saturated heterocycles. The number of hydrogen-bond acceptors (Lipinski definition) is 5. The molecule has 0 aliphatic rings. The Hall–Kier alpha value is -3.22. The molecule has 2 aromatic carbocycles. The number of amides is 1. The maximum Gasteiger partial charge on any atom is 0.338 e. The zero-order valence-electron chi connectivity index (χ0n) is 13.2. The normalized spacial score (nSPS) is 10.1. The number of benzene rings is 2. The van der Waals surface area contributed by atoms with Gasteiger partial charge in [0.15, 0.2) is 0 Å². The average Bonchev–Trinajstić information content (AvgIpc) is 2.57. The lowest BCUT2D eigenvalue weighted by molar-refractivity contribution is -0.384. The van der Waals surface area contributed by atoms with E-state index in [2.05, 4.69) is 5.32 Å². The highest BCUT2D eigenvalue weighted by atomic mass is 16.6. The summed E-state index contributed by atoms with van der Waals surface area (Å²) in [6.07, 6.45) is 0. The van der Waals surface area contributed by atoms with Gasteiger partial charge in [-0.3, -0.25) is 14.9 Å². The molecule has 0 bridgehead atoms. The lowest BCUT2D eigenvalue weighted by Gasteiger charge is -2.10. The van der Waals surface area contributed by atoms with E-state index in [0.717, 1.165) is 5.56 Å². The number of esters is 1. The first-order valence-corrected chi connectivity index (χ1v) is 7.26. The van der Waals surface area contributed by atoms with E-state index in [1.165, 1.54) is 30.3 Å². The van der Waals surface area contributed by atoms with Gasteiger partial charge in [-0.25, -0.2) is 4.79 Å². The number of nitrogens with zero attached hydrogens (tertiary/aromatic N) is 1. The number of rotatable bonds is 5. The molecule has 7 nitrogen and oxygen atoms in total. The summed E-state index contributed by atoms with van der Waals surface area (Å²) in [7, 11) is 0. The predicted octanol–water partition coefficient (Wildman–Crippen LogP) is 3.33. The SMILES string of the molecule is CCOC(=O)c1ccc(C)c(NC(=O)c2cccc([N+](=O)[O-])c2)c1. The van der Waals surface area contributed by atoms with Gasteiger partial charge in [-0.15, -0.1) is 0 Å². The van der Waals surface area contributed by atoms with E-state index >= 15 is 0 Å². The number of carbonyl (C=O) groups is 2. The Bertz CT molecular complexity index is 801. The van der Waals surface area contributed by atoms with E-state index in [-0.39, 0.29) is 17.9 Å². The first-order chi connectivity index (χ1) is 11.4. The average molecular weight is 328 g/mol. The fourth-order valence-electron chi connectivity index (χ4n) is 2.05. The maximum absolute atomic E-state index is 12.3. The maximum atomic E-state index is 12.3. The molecule has 124 valence electrons. The van der Waals surface area contributed by atoms with Crippen LogP contribution in [0.5, 0.6) is 0 Å². The summed E-state index contributed by atoms with van der Waals surface area (Å²) in [5.74, 6) is -0.980. The summed E-state index contributed by atoms with van der Waals surface area (Å²) in [6, 6.07) is 10.2. The van der Waals surface area contributed by atoms with Crippen LogP contribution in [0.15, 0.2) is 42.5 Å². The van der Waals surface area contributed by atoms with Crippen LogP contribution < -0.4 is 5.32 Å². The Balaban J connectivity index is 2.25. The Morgan fingerprint density at radius 2 is 1.92 bits per heavy atom. The number of non-ortho nitro benzene ring substituents is 1. The molecular formula is C17H16N2O5. The van der Waals surface area contributed by atoms with Crippen molar-refractivity contribution in [3.63, 3.8) is 0 Å². The number of nitrogens with one attached hydrogen (secondary N) is 1. The van der Waals surface area contributed by atoms with Crippen molar-refractivity contribution in [1.29, 1.82) is 0 Å². The van der Waals surface area contributed by atoms with Crippen molar-refractivity contribution in [2.45, 2.75) is 13.8 Å². The van der Waals surface area contributed by atoms with Gasteiger partial charge in [0.25, 0.3) is 11.6 Å². The Morgan fingerprint density at radius 3 is 2.58 bits per heavy atom. The molecular weight excluding hydrogens is 312 g/mol. The van der Waals surface area contributed by atoms with E-state index < -0.39 is 16.8 Å². The van der Waals surface area contributed by atoms with Crippen molar-refractivity contribution in [2.24, 2.45) is 0 Å². The zero-order valence-corrected chi connectivity index (χ0v) is 13.2. The minimum Gasteiger partial charge on any atom is -0.462 e. The van der Waals surface area contributed by atoms with Gasteiger partial charge in [0, 0.05) is 23.4 Å². The Kier molecular flexibility index (Phi) is 5.26. The van der Waals surface area contributed by atoms with Crippen LogP contribution in [0.2, 0.25) is 0 Å². The lowest BCUT2D eigenvalue weighted by atomic mass is 10.1. The molecule has 0 aliphatic carbocycles. The van der Waals surface area contributed by atoms with Gasteiger partial charge in [-0.2, -0.15) is 0 Å². The highest BCUT2D eigenvalue weighted by molar-refractivity contribution is 6.05. The van der Waals surface area contributed by atoms with Crippen molar-refractivity contribution in [3.05, 3.63) is 69.3 Å². The standard InChI is InChI=1S/C17H16N2O5/c1-3-24-17(21)13-8-7-11(2)15(10-13)18-16(20)12-5-4-6-14(9-12)19(22)23/h4-10H,3H2,1-2H3,(H,18,20). The predicted molar refractivity (Wildman–Crippen MR) is 88.2 cm³/mol. The number of ether oxygens (including phenoxy) is 1. The van der Waals surface area contributed by atoms with Crippen molar-refractivity contribution in [1.82, 2.24) is 0 Å². The summed E-state index contributed by atoms with van der Waals surface area (Å²) in [5.41, 5.74) is 1.50. The highest BCUT2D eigenvalue weighted by Crippen LogP contribution is 2.20. The molecule has 0 saturated carbocycles. The fourth-order valence-corrected chi connectivity index (χ4v) is 2.05. The topological polar surface area (TPSA) is 98.5 Å². The molecule has 0 heterocycles. The van der Waals surface area contributed by atoms with Gasteiger partial charge in [-0.05, 0) is 37.6 Å². The fraction of sp³-hybridized carbons (Fsp3) is 0.176. The van der Waals surface area contributed by atoms with E-state index in [1.807, 2.05) is 0 Å². The molecule has 1 amide bonds. The minimum absolute atomic E-state index is 0.158. The van der Waals surface area contributed by atoms with Crippen LogP contribution in [0, 0.1) is 17.0 Å². The molecule has 2 rings (SSSR count). The molecule has 0 atom stereocenters. The lowest BCUT2D eigenvalue weighted by Crippen LogP contribution is -2.14. The monoisotopic (exact) mass is 328 g/mol. The molecule has 0 spiro atoms. The van der Waals surface area contributed by atoms with E-state index in [1.54, 1.807) is 26.0 Å². The first kappa shape index (κ1) is 17.1. The molecule has 0 aliphatic heterocycles. The van der Waals surface area contributed by atoms with E-state index in [0.29, 0.717) is 11.3 Å². The second kappa shape index (κ2) is 7.36. The summed E-state index contributed by atoms with van der Waals surface area (Å²) >= 11 is 0. The van der Waals surface area contributed by atoms with E-state index in [9.17, 15) is 19.7 Å². The number of carbonyl (C=O) groups excluding carboxylic acids is 2. The number of hydrogen-bond donors (Lipinski definition) is 1. The molecule has 0 fully saturated rings. The van der Waals surface area contributed by atoms with Crippen LogP contribution in [-0.4, -0.2) is 23.4 Å². The van der Waals surface area contributed by atoms with Gasteiger partial charge in [-0.1, -0.05) is 12.1 Å². The molecule has 1 N–H and O–H groups in total. The minimum atomic E-state index is -0.566. The van der Waals surface area contributed by atoms with Crippen LogP contribution in [0.25, 0.3) is 0 Å². The van der Waals surface area contributed by atoms with Crippen LogP contribution in [0.3, 0.4) is 0 Å². The van der Waals surface area contributed by atoms with Gasteiger partial charge < -0.3 is 10.1 Å². The van der Waals surface area contributed by atoms with Gasteiger partial charge >= 0.3 is 5.97 Å². The number of nitro groups is 1. The second-order valence-electron chi connectivity index (χ2n) is 5.01. The van der Waals surface area contributed by atoms with Gasteiger partial charge in [0.2, 0.25) is 0 Å². The molecule has 24 heavy (non-hydrogen) atoms. The third kappa shape index (κ3) is 3.95. The highest BCUT2D eigenvalue weighted by Gasteiger charge is 2.14. The van der Waals surface area contributed by atoms with Crippen molar-refractivity contribution < 1.29 is 19.2 Å². The third-order valence-electron chi connectivity index (χ3n) is 3.32. The molecule has 7 heteroatoms. The molecule has 0 aromatic heterocycles. The summed E-state index contributed by atoms with van der Waals surface area (Å²) in [5, 5.41) is 13.5. The Labute approximate surface area is 138 Å². The Morgan fingerprint density at radius 1 is 1.17 bits per heavy atom. The van der Waals surface area contributed by atoms with Crippen LogP contribution in [-0.2, 0) is 4.74 Å². The molecule has 0 unspecified atom stereocenters. The van der Waals surface area contributed by atoms with Crippen LogP contribution in [0.4, 0.5) is 11.4 Å².